The second-order valence-corrected chi connectivity index (χ2v) is 15.9. The maximum atomic E-state index is 14.2. The number of aliphatic carboxylic acids is 4. The highest BCUT2D eigenvalue weighted by Gasteiger charge is 2.41. The quantitative estimate of drug-likeness (QED) is 0.0317. The van der Waals surface area contributed by atoms with Gasteiger partial charge in [0.2, 0.25) is 47.3 Å². The summed E-state index contributed by atoms with van der Waals surface area (Å²) in [5, 5.41) is 49.2. The van der Waals surface area contributed by atoms with Crippen LogP contribution in [-0.4, -0.2) is 169 Å². The van der Waals surface area contributed by atoms with E-state index in [0.717, 1.165) is 4.90 Å². The molecule has 65 heavy (non-hydrogen) atoms. The van der Waals surface area contributed by atoms with Crippen molar-refractivity contribution in [1.82, 2.24) is 36.4 Å². The molecule has 364 valence electrons. The minimum absolute atomic E-state index is 0.0307. The molecule has 2 heterocycles. The fraction of sp³-hybridized carbons (Fsp3) is 0.692. The van der Waals surface area contributed by atoms with Gasteiger partial charge in [0.25, 0.3) is 0 Å². The summed E-state index contributed by atoms with van der Waals surface area (Å²) >= 11 is 0. The molecule has 0 saturated carbocycles. The number of carboxylic acids is 4. The second-order valence-electron chi connectivity index (χ2n) is 15.9. The van der Waals surface area contributed by atoms with Crippen LogP contribution in [0.2, 0.25) is 0 Å². The number of rotatable bonds is 29. The first-order valence-electron chi connectivity index (χ1n) is 21.3. The predicted molar refractivity (Wildman–Crippen MR) is 222 cm³/mol. The van der Waals surface area contributed by atoms with Crippen molar-refractivity contribution in [3.05, 3.63) is 0 Å². The Morgan fingerprint density at radius 1 is 0.554 bits per heavy atom. The molecule has 0 aliphatic carbocycles. The van der Waals surface area contributed by atoms with Gasteiger partial charge < -0.3 is 74.0 Å². The predicted octanol–water partition coefficient (Wildman–Crippen LogP) is -4.19. The molecule has 0 spiro atoms. The molecule has 0 bridgehead atoms. The van der Waals surface area contributed by atoms with Crippen LogP contribution in [-0.2, 0) is 57.5 Å². The Morgan fingerprint density at radius 3 is 1.48 bits per heavy atom. The highest BCUT2D eigenvalue weighted by atomic mass is 16.4. The molecular weight excluding hydrogens is 864 g/mol. The van der Waals surface area contributed by atoms with Crippen LogP contribution >= 0.6 is 0 Å². The number of nitrogens with two attached hydrogens (primary N) is 3. The number of likely N-dealkylation sites (tertiary alicyclic amines) is 2. The maximum absolute atomic E-state index is 14.2. The molecular formula is C39H62N10O16. The molecule has 0 radical (unpaired) electrons. The molecule has 26 nitrogen and oxygen atoms in total. The monoisotopic (exact) mass is 926 g/mol. The third-order valence-electron chi connectivity index (χ3n) is 10.8. The fourth-order valence-electron chi connectivity index (χ4n) is 7.26. The summed E-state index contributed by atoms with van der Waals surface area (Å²) < 4.78 is 0. The Hall–Kier alpha value is -6.44. The normalized spacial score (nSPS) is 18.4. The molecule has 0 unspecified atom stereocenters. The molecule has 2 aliphatic heterocycles. The Labute approximate surface area is 373 Å². The number of carbonyl (C=O) groups is 12. The van der Waals surface area contributed by atoms with E-state index in [0.29, 0.717) is 19.3 Å². The number of primary amides is 1. The Balaban J connectivity index is 2.28. The minimum atomic E-state index is -1.66. The van der Waals surface area contributed by atoms with Gasteiger partial charge in [-0.15, -0.1) is 0 Å². The van der Waals surface area contributed by atoms with Crippen molar-refractivity contribution in [1.29, 1.82) is 0 Å². The van der Waals surface area contributed by atoms with E-state index in [4.69, 9.17) is 22.3 Å². The lowest BCUT2D eigenvalue weighted by Gasteiger charge is -2.31. The van der Waals surface area contributed by atoms with Crippen molar-refractivity contribution in [2.75, 3.05) is 19.6 Å². The first-order valence-corrected chi connectivity index (χ1v) is 21.3. The molecule has 0 aromatic carbocycles. The van der Waals surface area contributed by atoms with Gasteiger partial charge in [-0.2, -0.15) is 0 Å². The van der Waals surface area contributed by atoms with Gasteiger partial charge in [-0.25, -0.2) is 4.79 Å². The zero-order chi connectivity index (χ0) is 49.0. The van der Waals surface area contributed by atoms with Crippen molar-refractivity contribution in [3.8, 4) is 0 Å². The lowest BCUT2D eigenvalue weighted by molar-refractivity contribution is -0.149. The van der Waals surface area contributed by atoms with E-state index in [1.807, 2.05) is 0 Å². The molecule has 2 fully saturated rings. The van der Waals surface area contributed by atoms with E-state index in [2.05, 4.69) is 26.6 Å². The Morgan fingerprint density at radius 2 is 0.985 bits per heavy atom. The largest absolute Gasteiger partial charge is 0.481 e. The van der Waals surface area contributed by atoms with Gasteiger partial charge in [0.1, 0.15) is 42.3 Å². The van der Waals surface area contributed by atoms with Gasteiger partial charge in [-0.05, 0) is 84.1 Å². The van der Waals surface area contributed by atoms with Gasteiger partial charge in [0, 0.05) is 38.8 Å². The first kappa shape index (κ1) is 54.7. The van der Waals surface area contributed by atoms with Crippen molar-refractivity contribution in [2.45, 2.75) is 152 Å². The standard InChI is InChI=1S/C39H62N10O16/c1-20(32(57)46-25(10-13-28(42)50)38(63)49-19-5-8-27(49)39(64)65)43-36(61)26-7-4-18-48(26)37(62)24(6-2-3-17-40)47-35(60)23(12-16-31(55)56)45-34(59)22(11-15-30(53)54)44-33(58)21(41)9-14-29(51)52/h20-27H,2-19,40-41H2,1H3,(H2,42,50)(H,43,61)(H,44,58)(H,45,59)(H,46,57)(H,47,60)(H,51,52)(H,53,54)(H,55,56)(H,64,65)/t20-,21+,22+,23-,24-,25-,26-,27-/m0/s1. The Kier molecular flexibility index (Phi) is 22.7. The summed E-state index contributed by atoms with van der Waals surface area (Å²) in [5.74, 6) is -12.3. The van der Waals surface area contributed by atoms with Crippen molar-refractivity contribution in [3.63, 3.8) is 0 Å². The SMILES string of the molecule is C[C@H](NC(=O)[C@@H]1CCCN1C(=O)[C@H](CCCCN)NC(=O)[C@H](CCC(=O)O)NC(=O)[C@@H](CCC(=O)O)NC(=O)[C@H](N)CCC(=O)O)C(=O)N[C@@H](CCC(N)=O)C(=O)N1CCC[C@H]1C(=O)O. The smallest absolute Gasteiger partial charge is 0.326 e. The number of amides is 8. The summed E-state index contributed by atoms with van der Waals surface area (Å²) in [5.41, 5.74) is 16.7. The van der Waals surface area contributed by atoms with Gasteiger partial charge in [0.15, 0.2) is 0 Å². The van der Waals surface area contributed by atoms with Crippen LogP contribution < -0.4 is 43.8 Å². The first-order chi connectivity index (χ1) is 30.6. The van der Waals surface area contributed by atoms with E-state index >= 15 is 0 Å². The lowest BCUT2D eigenvalue weighted by atomic mass is 10.0. The number of carbonyl (C=O) groups excluding carboxylic acids is 8. The third kappa shape index (κ3) is 18.3. The zero-order valence-electron chi connectivity index (χ0n) is 36.2. The molecule has 2 aliphatic rings. The van der Waals surface area contributed by atoms with Crippen molar-refractivity contribution >= 4 is 71.1 Å². The van der Waals surface area contributed by atoms with Crippen LogP contribution in [0.4, 0.5) is 0 Å². The lowest BCUT2D eigenvalue weighted by Crippen LogP contribution is -2.59. The second kappa shape index (κ2) is 27.0. The van der Waals surface area contributed by atoms with E-state index in [-0.39, 0.29) is 64.6 Å². The highest BCUT2D eigenvalue weighted by Crippen LogP contribution is 2.22. The zero-order valence-corrected chi connectivity index (χ0v) is 36.2. The van der Waals surface area contributed by atoms with Gasteiger partial charge in [-0.1, -0.05) is 0 Å². The van der Waals surface area contributed by atoms with Crippen LogP contribution in [0.5, 0.6) is 0 Å². The third-order valence-corrected chi connectivity index (χ3v) is 10.8. The summed E-state index contributed by atoms with van der Waals surface area (Å²) in [6.07, 6.45) is -2.08. The fourth-order valence-corrected chi connectivity index (χ4v) is 7.26. The van der Waals surface area contributed by atoms with Crippen molar-refractivity contribution in [2.24, 2.45) is 17.2 Å². The summed E-state index contributed by atoms with van der Waals surface area (Å²) in [4.78, 5) is 154. The topological polar surface area (TPSA) is 430 Å². The number of hydrogen-bond donors (Lipinski definition) is 12. The van der Waals surface area contributed by atoms with Crippen LogP contribution in [0.3, 0.4) is 0 Å². The molecule has 8 atom stereocenters. The molecule has 0 aromatic rings. The van der Waals surface area contributed by atoms with Crippen LogP contribution in [0.25, 0.3) is 0 Å². The summed E-state index contributed by atoms with van der Waals surface area (Å²) in [6, 6.07) is -11.0. The minimum Gasteiger partial charge on any atom is -0.481 e. The molecule has 8 amide bonds. The number of carboxylic acid groups (broad SMARTS) is 4. The average Bonchev–Trinajstić information content (AvgIpc) is 3.94. The van der Waals surface area contributed by atoms with E-state index < -0.39 is 152 Å². The van der Waals surface area contributed by atoms with E-state index in [9.17, 15) is 72.9 Å². The molecule has 2 saturated heterocycles. The summed E-state index contributed by atoms with van der Waals surface area (Å²) in [7, 11) is 0. The Bertz CT molecular complexity index is 1780. The van der Waals surface area contributed by atoms with Crippen LogP contribution in [0.15, 0.2) is 0 Å². The highest BCUT2D eigenvalue weighted by molar-refractivity contribution is 5.98. The number of hydrogen-bond acceptors (Lipinski definition) is 14. The molecule has 0 aromatic heterocycles. The summed E-state index contributed by atoms with van der Waals surface area (Å²) in [6.45, 7) is 1.64. The number of unbranched alkanes of at least 4 members (excludes halogenated alkanes) is 1. The van der Waals surface area contributed by atoms with E-state index in [1.165, 1.54) is 11.8 Å². The van der Waals surface area contributed by atoms with Crippen molar-refractivity contribution < 1.29 is 78.0 Å². The molecule has 26 heteroatoms. The van der Waals surface area contributed by atoms with Gasteiger partial charge in [0.05, 0.1) is 6.04 Å². The molecule has 2 rings (SSSR count). The number of nitrogens with one attached hydrogen (secondary N) is 5. The van der Waals surface area contributed by atoms with Gasteiger partial charge >= 0.3 is 23.9 Å². The van der Waals surface area contributed by atoms with Gasteiger partial charge in [-0.3, -0.25) is 52.7 Å². The average molecular weight is 927 g/mol. The van der Waals surface area contributed by atoms with E-state index in [1.54, 1.807) is 0 Å². The number of nitrogens with zero attached hydrogens (tertiary/aromatic N) is 2. The molecule has 15 N–H and O–H groups in total. The van der Waals surface area contributed by atoms with Crippen LogP contribution in [0, 0.1) is 0 Å². The maximum Gasteiger partial charge on any atom is 0.326 e. The van der Waals surface area contributed by atoms with Crippen LogP contribution in [0.1, 0.15) is 103 Å².